The Morgan fingerprint density at radius 1 is 0.970 bits per heavy atom. The summed E-state index contributed by atoms with van der Waals surface area (Å²) >= 11 is 0. The summed E-state index contributed by atoms with van der Waals surface area (Å²) in [5.74, 6) is 1.94. The van der Waals surface area contributed by atoms with Gasteiger partial charge in [-0.1, -0.05) is 84.4 Å². The van der Waals surface area contributed by atoms with Crippen LogP contribution in [0.25, 0.3) is 6.08 Å². The van der Waals surface area contributed by atoms with E-state index in [1.807, 2.05) is 12.1 Å². The molecule has 2 saturated carbocycles. The highest BCUT2D eigenvalue weighted by molar-refractivity contribution is 5.57. The lowest BCUT2D eigenvalue weighted by molar-refractivity contribution is -0.0530. The third-order valence-electron chi connectivity index (χ3n) is 7.62. The van der Waals surface area contributed by atoms with Crippen LogP contribution in [-0.2, 0) is 9.47 Å². The molecule has 0 amide bonds. The molecule has 1 heterocycles. The third-order valence-corrected chi connectivity index (χ3v) is 7.62. The molecule has 3 aromatic rings. The fourth-order valence-corrected chi connectivity index (χ4v) is 5.65. The standard InChI is InChI=1S/C30H30O3/c1-31-27-14-12-23(13-15-27)29-30(18-26(30)20-33-29)28(22-10-6-3-7-11-22)32-19-25-17-24(25)16-21-8-4-2-5-9-21/h2-16,25-26,28-29H,17-20H2,1H3/b24-16+/t25?,26?,28-,29-,30?/m0/s1. The molecule has 0 bridgehead atoms. The van der Waals surface area contributed by atoms with Gasteiger partial charge in [0.05, 0.1) is 32.5 Å². The summed E-state index contributed by atoms with van der Waals surface area (Å²) in [7, 11) is 1.71. The number of hydrogen-bond donors (Lipinski definition) is 0. The van der Waals surface area contributed by atoms with E-state index in [1.54, 1.807) is 7.11 Å². The van der Waals surface area contributed by atoms with Crippen LogP contribution < -0.4 is 4.74 Å². The minimum absolute atomic E-state index is 0.00807. The Bertz CT molecular complexity index is 1120. The molecule has 3 heteroatoms. The highest BCUT2D eigenvalue weighted by Gasteiger charge is 2.69. The summed E-state index contributed by atoms with van der Waals surface area (Å²) < 4.78 is 18.5. The van der Waals surface area contributed by atoms with E-state index in [9.17, 15) is 0 Å². The minimum atomic E-state index is 0.00807. The van der Waals surface area contributed by atoms with Crippen LogP contribution in [0.5, 0.6) is 5.75 Å². The van der Waals surface area contributed by atoms with Gasteiger partial charge in [-0.15, -0.1) is 0 Å². The Balaban J connectivity index is 1.24. The van der Waals surface area contributed by atoms with E-state index in [1.165, 1.54) is 22.3 Å². The highest BCUT2D eigenvalue weighted by Crippen LogP contribution is 2.72. The molecule has 1 saturated heterocycles. The molecule has 0 spiro atoms. The second-order valence-electron chi connectivity index (χ2n) is 9.65. The fourth-order valence-electron chi connectivity index (χ4n) is 5.65. The number of fused-ring (bicyclic) bond motifs is 1. The van der Waals surface area contributed by atoms with Crippen molar-refractivity contribution in [1.29, 1.82) is 0 Å². The van der Waals surface area contributed by atoms with Crippen LogP contribution in [0.4, 0.5) is 0 Å². The molecule has 5 atom stereocenters. The van der Waals surface area contributed by atoms with Crippen LogP contribution in [0.15, 0.2) is 90.5 Å². The second-order valence-corrected chi connectivity index (χ2v) is 9.65. The van der Waals surface area contributed by atoms with E-state index in [0.717, 1.165) is 31.8 Å². The summed E-state index contributed by atoms with van der Waals surface area (Å²) in [5, 5.41) is 0. The molecule has 0 aromatic heterocycles. The molecule has 6 rings (SSSR count). The Kier molecular flexibility index (Phi) is 5.32. The van der Waals surface area contributed by atoms with E-state index >= 15 is 0 Å². The Morgan fingerprint density at radius 3 is 2.39 bits per heavy atom. The molecule has 3 nitrogen and oxygen atoms in total. The zero-order valence-corrected chi connectivity index (χ0v) is 19.0. The Hall–Kier alpha value is -2.88. The van der Waals surface area contributed by atoms with Crippen LogP contribution >= 0.6 is 0 Å². The van der Waals surface area contributed by atoms with Crippen LogP contribution in [0, 0.1) is 17.3 Å². The van der Waals surface area contributed by atoms with E-state index in [-0.39, 0.29) is 17.6 Å². The maximum Gasteiger partial charge on any atom is 0.118 e. The van der Waals surface area contributed by atoms with Gasteiger partial charge >= 0.3 is 0 Å². The first-order valence-corrected chi connectivity index (χ1v) is 12.0. The summed E-state index contributed by atoms with van der Waals surface area (Å²) in [6.45, 7) is 1.58. The van der Waals surface area contributed by atoms with Crippen molar-refractivity contribution < 1.29 is 14.2 Å². The third kappa shape index (κ3) is 3.90. The van der Waals surface area contributed by atoms with Crippen molar-refractivity contribution in [1.82, 2.24) is 0 Å². The Morgan fingerprint density at radius 2 is 1.70 bits per heavy atom. The predicted molar refractivity (Wildman–Crippen MR) is 130 cm³/mol. The van der Waals surface area contributed by atoms with Crippen LogP contribution in [0.1, 0.15) is 41.7 Å². The Labute approximate surface area is 196 Å². The zero-order chi connectivity index (χ0) is 22.3. The summed E-state index contributed by atoms with van der Waals surface area (Å²) in [4.78, 5) is 0. The first-order valence-electron chi connectivity index (χ1n) is 12.0. The van der Waals surface area contributed by atoms with Gasteiger partial charge in [-0.2, -0.15) is 0 Å². The van der Waals surface area contributed by atoms with Gasteiger partial charge in [-0.25, -0.2) is 0 Å². The van der Waals surface area contributed by atoms with E-state index in [0.29, 0.717) is 11.8 Å². The van der Waals surface area contributed by atoms with E-state index in [2.05, 4.69) is 78.9 Å². The molecule has 3 unspecified atom stereocenters. The molecule has 2 aliphatic carbocycles. The van der Waals surface area contributed by atoms with E-state index in [4.69, 9.17) is 14.2 Å². The lowest BCUT2D eigenvalue weighted by Gasteiger charge is -2.32. The molecule has 3 aliphatic rings. The summed E-state index contributed by atoms with van der Waals surface area (Å²) in [6.07, 6.45) is 4.70. The number of methoxy groups -OCH3 is 1. The van der Waals surface area contributed by atoms with Crippen LogP contribution in [-0.4, -0.2) is 20.3 Å². The summed E-state index contributed by atoms with van der Waals surface area (Å²) in [5.41, 5.74) is 5.26. The molecule has 1 aliphatic heterocycles. The lowest BCUT2D eigenvalue weighted by atomic mass is 9.83. The summed E-state index contributed by atoms with van der Waals surface area (Å²) in [6, 6.07) is 29.7. The van der Waals surface area contributed by atoms with Crippen molar-refractivity contribution in [3.63, 3.8) is 0 Å². The number of hydrogen-bond acceptors (Lipinski definition) is 3. The van der Waals surface area contributed by atoms with Crippen LogP contribution in [0.3, 0.4) is 0 Å². The lowest BCUT2D eigenvalue weighted by Crippen LogP contribution is -2.25. The molecule has 3 aromatic carbocycles. The van der Waals surface area contributed by atoms with E-state index < -0.39 is 0 Å². The zero-order valence-electron chi connectivity index (χ0n) is 19.0. The van der Waals surface area contributed by atoms with Gasteiger partial charge < -0.3 is 14.2 Å². The van der Waals surface area contributed by atoms with Crippen molar-refractivity contribution in [2.24, 2.45) is 17.3 Å². The molecule has 0 N–H and O–H groups in total. The SMILES string of the molecule is COc1ccc([C@@H]2OCC3CC32[C@@H](OCC2C/C2=C\c2ccccc2)c2ccccc2)cc1. The quantitative estimate of drug-likeness (QED) is 0.395. The molecule has 0 radical (unpaired) electrons. The molecule has 168 valence electrons. The highest BCUT2D eigenvalue weighted by atomic mass is 16.5. The average molecular weight is 439 g/mol. The number of benzene rings is 3. The first-order chi connectivity index (χ1) is 16.3. The topological polar surface area (TPSA) is 27.7 Å². The number of rotatable bonds is 8. The van der Waals surface area contributed by atoms with Crippen molar-refractivity contribution in [3.8, 4) is 5.75 Å². The van der Waals surface area contributed by atoms with Gasteiger partial charge in [-0.3, -0.25) is 0 Å². The van der Waals surface area contributed by atoms with Gasteiger partial charge in [0.1, 0.15) is 5.75 Å². The molecule has 33 heavy (non-hydrogen) atoms. The minimum Gasteiger partial charge on any atom is -0.497 e. The fraction of sp³-hybridized carbons (Fsp3) is 0.333. The van der Waals surface area contributed by atoms with Gasteiger partial charge in [0.25, 0.3) is 0 Å². The van der Waals surface area contributed by atoms with Gasteiger partial charge in [0.15, 0.2) is 0 Å². The second kappa shape index (κ2) is 8.48. The monoisotopic (exact) mass is 438 g/mol. The van der Waals surface area contributed by atoms with Gasteiger partial charge in [0.2, 0.25) is 0 Å². The maximum absolute atomic E-state index is 6.80. The predicted octanol–water partition coefficient (Wildman–Crippen LogP) is 6.63. The first kappa shape index (κ1) is 20.7. The van der Waals surface area contributed by atoms with Crippen molar-refractivity contribution >= 4 is 6.08 Å². The van der Waals surface area contributed by atoms with Crippen molar-refractivity contribution in [2.45, 2.75) is 25.0 Å². The molecular formula is C30H30O3. The molecule has 3 fully saturated rings. The van der Waals surface area contributed by atoms with Crippen molar-refractivity contribution in [2.75, 3.05) is 20.3 Å². The largest absolute Gasteiger partial charge is 0.497 e. The average Bonchev–Trinajstić information content (AvgIpc) is 3.76. The number of ether oxygens (including phenoxy) is 3. The van der Waals surface area contributed by atoms with Crippen LogP contribution in [0.2, 0.25) is 0 Å². The normalized spacial score (nSPS) is 29.5. The smallest absolute Gasteiger partial charge is 0.118 e. The van der Waals surface area contributed by atoms with Gasteiger partial charge in [0, 0.05) is 11.3 Å². The van der Waals surface area contributed by atoms with Gasteiger partial charge in [-0.05, 0) is 47.6 Å². The van der Waals surface area contributed by atoms with Crippen molar-refractivity contribution in [3.05, 3.63) is 107 Å². The maximum atomic E-state index is 6.80. The molecular weight excluding hydrogens is 408 g/mol.